The number of ether oxygens (including phenoxy) is 1. The second-order valence-electron chi connectivity index (χ2n) is 12.9. The quantitative estimate of drug-likeness (QED) is 0.109. The van der Waals surface area contributed by atoms with Crippen molar-refractivity contribution in [1.82, 2.24) is 19.3 Å². The van der Waals surface area contributed by atoms with Crippen LogP contribution < -0.4 is 4.74 Å². The van der Waals surface area contributed by atoms with Gasteiger partial charge in [-0.05, 0) is 122 Å². The third kappa shape index (κ3) is 5.89. The zero-order chi connectivity index (χ0) is 34.4. The van der Waals surface area contributed by atoms with Crippen LogP contribution in [-0.4, -0.2) is 19.3 Å². The van der Waals surface area contributed by atoms with Gasteiger partial charge in [0.15, 0.2) is 0 Å². The molecule has 0 aliphatic carbocycles. The summed E-state index contributed by atoms with van der Waals surface area (Å²) in [6.45, 7) is 17.9. The van der Waals surface area contributed by atoms with Crippen LogP contribution in [0.2, 0.25) is 0 Å². The Balaban J connectivity index is 0.00000432. The van der Waals surface area contributed by atoms with E-state index in [1.54, 1.807) is 0 Å². The van der Waals surface area contributed by atoms with Gasteiger partial charge in [0.2, 0.25) is 0 Å². The van der Waals surface area contributed by atoms with Crippen LogP contribution in [0.25, 0.3) is 44.4 Å². The first kappa shape index (κ1) is 35.3. The van der Waals surface area contributed by atoms with E-state index in [4.69, 9.17) is 14.8 Å². The van der Waals surface area contributed by atoms with E-state index in [0.29, 0.717) is 11.5 Å². The molecule has 5 nitrogen and oxygen atoms in total. The number of hydrogen-bond acceptors (Lipinski definition) is 3. The minimum atomic E-state index is 0. The van der Waals surface area contributed by atoms with E-state index >= 15 is 0 Å². The fourth-order valence-corrected chi connectivity index (χ4v) is 7.59. The topological polar surface area (TPSA) is 44.9 Å². The summed E-state index contributed by atoms with van der Waals surface area (Å²) in [7, 11) is 0. The zero-order valence-electron chi connectivity index (χ0n) is 30.3. The Kier molecular flexibility index (Phi) is 10.2. The summed E-state index contributed by atoms with van der Waals surface area (Å²) in [4.78, 5) is 4.72. The molecule has 0 amide bonds. The second kappa shape index (κ2) is 14.4. The largest absolute Gasteiger partial charge is 2.00 e. The number of fused-ring (bicyclic) bond motifs is 3. The van der Waals surface area contributed by atoms with Crippen LogP contribution >= 0.6 is 0 Å². The van der Waals surface area contributed by atoms with Crippen LogP contribution in [0.4, 0.5) is 0 Å². The number of pyridine rings is 1. The third-order valence-corrected chi connectivity index (χ3v) is 10.2. The van der Waals surface area contributed by atoms with Crippen LogP contribution in [0.5, 0.6) is 11.5 Å². The number of aromatic nitrogens is 4. The van der Waals surface area contributed by atoms with Crippen LogP contribution in [0.15, 0.2) is 72.9 Å². The predicted octanol–water partition coefficient (Wildman–Crippen LogP) is 10.9. The molecular weight excluding hydrogens is 707 g/mol. The van der Waals surface area contributed by atoms with E-state index < -0.39 is 0 Å². The maximum absolute atomic E-state index is 6.51. The van der Waals surface area contributed by atoms with E-state index in [0.717, 1.165) is 70.3 Å². The molecule has 6 heteroatoms. The molecule has 4 aromatic carbocycles. The molecule has 0 atom stereocenters. The van der Waals surface area contributed by atoms with Crippen molar-refractivity contribution in [2.45, 2.75) is 81.1 Å². The smallest absolute Gasteiger partial charge is 0.509 e. The molecule has 256 valence electrons. The summed E-state index contributed by atoms with van der Waals surface area (Å²) in [6.07, 6.45) is 5.53. The third-order valence-electron chi connectivity index (χ3n) is 10.2. The van der Waals surface area contributed by atoms with Gasteiger partial charge in [0.1, 0.15) is 5.82 Å². The SMILES string of the molecule is CCc1nn(-c2[c-]c(Oc3[c-]c4c(cc3)c3ccccc3n4-c3cc(C)ccn3)ccc2)c(CC)c1-c1c(CC)c(C)c(C)c(C)c1CC.[Pd+2]. The predicted molar refractivity (Wildman–Crippen MR) is 202 cm³/mol. The van der Waals surface area contributed by atoms with Gasteiger partial charge in [-0.3, -0.25) is 4.68 Å². The Morgan fingerprint density at radius 2 is 1.40 bits per heavy atom. The van der Waals surface area contributed by atoms with Crippen LogP contribution in [0, 0.1) is 39.8 Å². The average Bonchev–Trinajstić information content (AvgIpc) is 3.66. The van der Waals surface area contributed by atoms with Gasteiger partial charge in [-0.15, -0.1) is 35.7 Å². The van der Waals surface area contributed by atoms with E-state index in [9.17, 15) is 0 Å². The van der Waals surface area contributed by atoms with E-state index in [1.165, 1.54) is 44.6 Å². The van der Waals surface area contributed by atoms with Crippen molar-refractivity contribution in [2.75, 3.05) is 0 Å². The average molecular weight is 751 g/mol. The molecule has 50 heavy (non-hydrogen) atoms. The van der Waals surface area contributed by atoms with Gasteiger partial charge in [-0.2, -0.15) is 17.2 Å². The summed E-state index contributed by atoms with van der Waals surface area (Å²) in [5.74, 6) is 2.10. The molecule has 0 bridgehead atoms. The first-order valence-electron chi connectivity index (χ1n) is 17.6. The van der Waals surface area contributed by atoms with Gasteiger partial charge in [-0.25, -0.2) is 4.98 Å². The van der Waals surface area contributed by atoms with Crippen molar-refractivity contribution in [3.8, 4) is 34.1 Å². The fraction of sp³-hybridized carbons (Fsp3) is 0.273. The molecule has 7 aromatic rings. The minimum absolute atomic E-state index is 0. The van der Waals surface area contributed by atoms with Gasteiger partial charge in [0.25, 0.3) is 0 Å². The Hall–Kier alpha value is -4.50. The van der Waals surface area contributed by atoms with E-state index in [2.05, 4.69) is 119 Å². The van der Waals surface area contributed by atoms with Gasteiger partial charge in [-0.1, -0.05) is 51.4 Å². The number of rotatable bonds is 9. The number of hydrogen-bond donors (Lipinski definition) is 0. The number of nitrogens with zero attached hydrogens (tertiary/aromatic N) is 4. The molecule has 3 aromatic heterocycles. The van der Waals surface area contributed by atoms with Gasteiger partial charge in [0.05, 0.1) is 5.69 Å². The number of aryl methyl sites for hydroxylation is 2. The standard InChI is InChI=1S/C44H44N4O.Pd/c1-9-34-29(7)28(6)30(8)35(10-2)43(34)44-38(11-3)46-48(39(44)12-4)31-16-15-17-32(25-31)49-33-20-21-37-36-18-13-14-19-40(36)47(41(37)26-33)42-24-27(5)22-23-45-42;/h13-24H,9-12H2,1-8H3;/q-2;+2. The van der Waals surface area contributed by atoms with Crippen molar-refractivity contribution in [2.24, 2.45) is 0 Å². The fourth-order valence-electron chi connectivity index (χ4n) is 7.59. The summed E-state index contributed by atoms with van der Waals surface area (Å²) in [5, 5.41) is 7.51. The summed E-state index contributed by atoms with van der Waals surface area (Å²) < 4.78 is 10.8. The molecule has 0 fully saturated rings. The maximum Gasteiger partial charge on any atom is 2.00 e. The van der Waals surface area contributed by atoms with Crippen molar-refractivity contribution in [1.29, 1.82) is 0 Å². The molecule has 0 unspecified atom stereocenters. The van der Waals surface area contributed by atoms with Crippen LogP contribution in [0.3, 0.4) is 0 Å². The Morgan fingerprint density at radius 1 is 0.680 bits per heavy atom. The number of benzene rings is 4. The molecule has 7 rings (SSSR count). The molecule has 0 spiro atoms. The Labute approximate surface area is 310 Å². The minimum Gasteiger partial charge on any atom is -0.509 e. The van der Waals surface area contributed by atoms with Gasteiger partial charge < -0.3 is 9.30 Å². The van der Waals surface area contributed by atoms with E-state index in [1.807, 2.05) is 30.5 Å². The Bertz CT molecular complexity index is 2330. The first-order chi connectivity index (χ1) is 23.8. The first-order valence-corrected chi connectivity index (χ1v) is 17.6. The Morgan fingerprint density at radius 3 is 2.08 bits per heavy atom. The zero-order valence-corrected chi connectivity index (χ0v) is 31.8. The summed E-state index contributed by atoms with van der Waals surface area (Å²) in [5.41, 5.74) is 16.1. The monoisotopic (exact) mass is 750 g/mol. The molecule has 0 saturated heterocycles. The van der Waals surface area contributed by atoms with Crippen molar-refractivity contribution >= 4 is 21.8 Å². The van der Waals surface area contributed by atoms with Gasteiger partial charge in [0, 0.05) is 34.5 Å². The summed E-state index contributed by atoms with van der Waals surface area (Å²) in [6, 6.07) is 29.8. The maximum atomic E-state index is 6.51. The normalized spacial score (nSPS) is 11.4. The molecule has 3 heterocycles. The molecule has 0 aliphatic rings. The van der Waals surface area contributed by atoms with Crippen molar-refractivity contribution in [3.63, 3.8) is 0 Å². The molecule has 0 radical (unpaired) electrons. The van der Waals surface area contributed by atoms with Gasteiger partial charge >= 0.3 is 20.4 Å². The van der Waals surface area contributed by atoms with Crippen LogP contribution in [-0.2, 0) is 46.1 Å². The molecule has 0 N–H and O–H groups in total. The van der Waals surface area contributed by atoms with Crippen molar-refractivity contribution < 1.29 is 25.2 Å². The number of para-hydroxylation sites is 1. The second-order valence-corrected chi connectivity index (χ2v) is 12.9. The van der Waals surface area contributed by atoms with Crippen LogP contribution in [0.1, 0.15) is 72.5 Å². The molecular formula is C44H44N4OPd. The molecule has 0 aliphatic heterocycles. The van der Waals surface area contributed by atoms with Crippen molar-refractivity contribution in [3.05, 3.63) is 130 Å². The van der Waals surface area contributed by atoms with E-state index in [-0.39, 0.29) is 20.4 Å². The molecule has 0 saturated carbocycles. The summed E-state index contributed by atoms with van der Waals surface area (Å²) >= 11 is 0.